The molecule has 7 nitrogen and oxygen atoms in total. The van der Waals surface area contributed by atoms with Gasteiger partial charge in [0, 0.05) is 31.0 Å². The lowest BCUT2D eigenvalue weighted by Gasteiger charge is -2.22. The second-order valence-corrected chi connectivity index (χ2v) is 6.78. The quantitative estimate of drug-likeness (QED) is 0.770. The van der Waals surface area contributed by atoms with Crippen molar-refractivity contribution in [3.8, 4) is 11.1 Å². The average molecular weight is 355 g/mol. The summed E-state index contributed by atoms with van der Waals surface area (Å²) in [5, 5.41) is 9.46. The molecule has 0 unspecified atom stereocenters. The van der Waals surface area contributed by atoms with Crippen LogP contribution in [0.4, 0.5) is 5.95 Å². The van der Waals surface area contributed by atoms with Crippen molar-refractivity contribution < 1.29 is 9.90 Å². The van der Waals surface area contributed by atoms with E-state index in [4.69, 9.17) is 5.73 Å². The summed E-state index contributed by atoms with van der Waals surface area (Å²) in [7, 11) is 1.86. The Morgan fingerprint density at radius 1 is 1.35 bits per heavy atom. The van der Waals surface area contributed by atoms with Crippen LogP contribution in [-0.2, 0) is 11.3 Å². The van der Waals surface area contributed by atoms with E-state index in [1.807, 2.05) is 42.5 Å². The van der Waals surface area contributed by atoms with Crippen molar-refractivity contribution in [3.05, 3.63) is 42.2 Å². The lowest BCUT2D eigenvalue weighted by molar-refractivity contribution is -0.118. The number of nitrogens with zero attached hydrogens (tertiary/aromatic N) is 4. The van der Waals surface area contributed by atoms with Crippen molar-refractivity contribution in [1.29, 1.82) is 0 Å². The second kappa shape index (κ2) is 8.25. The van der Waals surface area contributed by atoms with E-state index >= 15 is 0 Å². The third-order valence-electron chi connectivity index (χ3n) is 4.62. The van der Waals surface area contributed by atoms with E-state index in [1.165, 1.54) is 0 Å². The molecule has 7 heteroatoms. The van der Waals surface area contributed by atoms with Crippen LogP contribution in [0.3, 0.4) is 0 Å². The summed E-state index contributed by atoms with van der Waals surface area (Å²) in [6.45, 7) is 1.88. The van der Waals surface area contributed by atoms with Crippen LogP contribution in [-0.4, -0.2) is 58.7 Å². The highest BCUT2D eigenvalue weighted by atomic mass is 16.3. The van der Waals surface area contributed by atoms with Gasteiger partial charge in [-0.1, -0.05) is 18.2 Å². The molecule has 0 spiro atoms. The third-order valence-corrected chi connectivity index (χ3v) is 4.62. The summed E-state index contributed by atoms with van der Waals surface area (Å²) in [6.07, 6.45) is 5.67. The Hall–Kier alpha value is -2.51. The van der Waals surface area contributed by atoms with Gasteiger partial charge in [0.2, 0.25) is 11.9 Å². The summed E-state index contributed by atoms with van der Waals surface area (Å²) in [4.78, 5) is 24.0. The van der Waals surface area contributed by atoms with Crippen LogP contribution >= 0.6 is 0 Å². The van der Waals surface area contributed by atoms with Gasteiger partial charge in [0.05, 0.1) is 19.2 Å². The van der Waals surface area contributed by atoms with Crippen LogP contribution in [0.2, 0.25) is 0 Å². The van der Waals surface area contributed by atoms with Gasteiger partial charge in [0.15, 0.2) is 0 Å². The van der Waals surface area contributed by atoms with Crippen molar-refractivity contribution in [1.82, 2.24) is 14.9 Å². The Kier molecular flexibility index (Phi) is 5.80. The first-order valence-electron chi connectivity index (χ1n) is 8.82. The highest BCUT2D eigenvalue weighted by Gasteiger charge is 2.25. The lowest BCUT2D eigenvalue weighted by atomic mass is 10.1. The van der Waals surface area contributed by atoms with Crippen molar-refractivity contribution in [2.45, 2.75) is 25.4 Å². The molecule has 0 bridgehead atoms. The van der Waals surface area contributed by atoms with Crippen LogP contribution < -0.4 is 10.6 Å². The summed E-state index contributed by atoms with van der Waals surface area (Å²) < 4.78 is 0. The molecule has 0 aliphatic carbocycles. The normalized spacial score (nSPS) is 17.0. The number of hydrogen-bond donors (Lipinski definition) is 2. The number of hydrogen-bond acceptors (Lipinski definition) is 6. The largest absolute Gasteiger partial charge is 0.394 e. The maximum Gasteiger partial charge on any atom is 0.231 e. The Balaban J connectivity index is 1.73. The molecule has 1 aromatic carbocycles. The molecule has 1 saturated heterocycles. The molecule has 0 saturated carbocycles. The van der Waals surface area contributed by atoms with Crippen molar-refractivity contribution in [2.75, 3.05) is 31.6 Å². The van der Waals surface area contributed by atoms with Gasteiger partial charge in [-0.25, -0.2) is 9.97 Å². The first-order chi connectivity index (χ1) is 12.6. The van der Waals surface area contributed by atoms with Crippen LogP contribution in [0.1, 0.15) is 18.4 Å². The van der Waals surface area contributed by atoms with Gasteiger partial charge in [0.25, 0.3) is 0 Å². The van der Waals surface area contributed by atoms with Crippen LogP contribution in [0, 0.1) is 0 Å². The summed E-state index contributed by atoms with van der Waals surface area (Å²) >= 11 is 0. The number of amides is 1. The SMILES string of the molecule is CN(CC(N)=O)Cc1cccc(-c2cnc(N3CCC[C@H]3CO)nc2)c1. The van der Waals surface area contributed by atoms with Crippen molar-refractivity contribution in [3.63, 3.8) is 0 Å². The molecule has 1 amide bonds. The highest BCUT2D eigenvalue weighted by molar-refractivity contribution is 5.75. The number of aromatic nitrogens is 2. The summed E-state index contributed by atoms with van der Waals surface area (Å²) in [6, 6.07) is 8.21. The number of rotatable bonds is 7. The number of carbonyl (C=O) groups excluding carboxylic acids is 1. The lowest BCUT2D eigenvalue weighted by Crippen LogP contribution is -2.33. The standard InChI is InChI=1S/C19H25N5O2/c1-23(12-18(20)26)11-14-4-2-5-15(8-14)16-9-21-19(22-10-16)24-7-3-6-17(24)13-25/h2,4-5,8-10,17,25H,3,6-7,11-13H2,1H3,(H2,20,26)/t17-/m0/s1. The molecule has 1 aromatic heterocycles. The molecule has 3 N–H and O–H groups in total. The number of aliphatic hydroxyl groups excluding tert-OH is 1. The average Bonchev–Trinajstić information content (AvgIpc) is 3.10. The second-order valence-electron chi connectivity index (χ2n) is 6.78. The zero-order chi connectivity index (χ0) is 18.5. The summed E-state index contributed by atoms with van der Waals surface area (Å²) in [5.74, 6) is 0.332. The zero-order valence-electron chi connectivity index (χ0n) is 15.0. The number of likely N-dealkylation sites (N-methyl/N-ethyl adjacent to an activating group) is 1. The van der Waals surface area contributed by atoms with Crippen molar-refractivity contribution in [2.24, 2.45) is 5.73 Å². The van der Waals surface area contributed by atoms with Crippen molar-refractivity contribution >= 4 is 11.9 Å². The molecule has 3 rings (SSSR count). The highest BCUT2D eigenvalue weighted by Crippen LogP contribution is 2.24. The molecule has 1 fully saturated rings. The van der Waals surface area contributed by atoms with Gasteiger partial charge < -0.3 is 15.7 Å². The van der Waals surface area contributed by atoms with E-state index in [9.17, 15) is 9.90 Å². The minimum absolute atomic E-state index is 0.116. The fraction of sp³-hybridized carbons (Fsp3) is 0.421. The third kappa shape index (κ3) is 4.36. The van der Waals surface area contributed by atoms with Gasteiger partial charge in [-0.15, -0.1) is 0 Å². The molecule has 138 valence electrons. The molecule has 2 heterocycles. The molecule has 1 atom stereocenters. The van der Waals surface area contributed by atoms with Gasteiger partial charge in [0.1, 0.15) is 0 Å². The zero-order valence-corrected chi connectivity index (χ0v) is 15.0. The predicted octanol–water partition coefficient (Wildman–Crippen LogP) is 1.02. The fourth-order valence-corrected chi connectivity index (χ4v) is 3.39. The smallest absolute Gasteiger partial charge is 0.231 e. The number of primary amides is 1. The van der Waals surface area contributed by atoms with E-state index in [2.05, 4.69) is 20.9 Å². The van der Waals surface area contributed by atoms with Gasteiger partial charge in [-0.2, -0.15) is 0 Å². The Morgan fingerprint density at radius 3 is 2.81 bits per heavy atom. The maximum absolute atomic E-state index is 11.0. The van der Waals surface area contributed by atoms with Gasteiger partial charge >= 0.3 is 0 Å². The minimum atomic E-state index is -0.337. The Labute approximate surface area is 153 Å². The van der Waals surface area contributed by atoms with Crippen LogP contribution in [0.15, 0.2) is 36.7 Å². The van der Waals surface area contributed by atoms with E-state index in [1.54, 1.807) is 0 Å². The summed E-state index contributed by atoms with van der Waals surface area (Å²) in [5.41, 5.74) is 8.30. The Bertz CT molecular complexity index is 750. The number of benzene rings is 1. The molecule has 2 aromatic rings. The monoisotopic (exact) mass is 355 g/mol. The number of carbonyl (C=O) groups is 1. The van der Waals surface area contributed by atoms with Gasteiger partial charge in [-0.05, 0) is 37.1 Å². The molecule has 26 heavy (non-hydrogen) atoms. The number of nitrogens with two attached hydrogens (primary N) is 1. The maximum atomic E-state index is 11.0. The molecule has 1 aliphatic rings. The van der Waals surface area contributed by atoms with E-state index < -0.39 is 0 Å². The number of anilines is 1. The molecular formula is C19H25N5O2. The van der Waals surface area contributed by atoms with Crippen LogP contribution in [0.25, 0.3) is 11.1 Å². The van der Waals surface area contributed by atoms with E-state index in [0.29, 0.717) is 12.5 Å². The topological polar surface area (TPSA) is 95.6 Å². The van der Waals surface area contributed by atoms with E-state index in [-0.39, 0.29) is 25.1 Å². The molecule has 1 aliphatic heterocycles. The predicted molar refractivity (Wildman–Crippen MR) is 100 cm³/mol. The minimum Gasteiger partial charge on any atom is -0.394 e. The number of aliphatic hydroxyl groups is 1. The van der Waals surface area contributed by atoms with Gasteiger partial charge in [-0.3, -0.25) is 9.69 Å². The first-order valence-corrected chi connectivity index (χ1v) is 8.82. The first kappa shape index (κ1) is 18.3. The Morgan fingerprint density at radius 2 is 2.12 bits per heavy atom. The van der Waals surface area contributed by atoms with Crippen LogP contribution in [0.5, 0.6) is 0 Å². The molecule has 0 radical (unpaired) electrons. The molecular weight excluding hydrogens is 330 g/mol. The van der Waals surface area contributed by atoms with E-state index in [0.717, 1.165) is 36.1 Å². The fourth-order valence-electron chi connectivity index (χ4n) is 3.39.